The van der Waals surface area contributed by atoms with Gasteiger partial charge >= 0.3 is 0 Å². The Bertz CT molecular complexity index is 249. The second-order valence-electron chi connectivity index (χ2n) is 5.87. The molecular weight excluding hydrogens is 212 g/mol. The molecule has 0 aromatic heterocycles. The van der Waals surface area contributed by atoms with Crippen LogP contribution in [-0.4, -0.2) is 25.5 Å². The molecule has 17 heavy (non-hydrogen) atoms. The Labute approximate surface area is 105 Å². The molecule has 0 radical (unpaired) electrons. The predicted molar refractivity (Wildman–Crippen MR) is 69.7 cm³/mol. The molecule has 1 saturated carbocycles. The first-order chi connectivity index (χ1) is 8.25. The number of hydrogen-bond donors (Lipinski definition) is 2. The molecule has 3 nitrogen and oxygen atoms in total. The molecule has 98 valence electrons. The summed E-state index contributed by atoms with van der Waals surface area (Å²) in [5.74, 6) is 2.41. The van der Waals surface area contributed by atoms with Crippen molar-refractivity contribution < 1.29 is 4.79 Å². The van der Waals surface area contributed by atoms with E-state index < -0.39 is 0 Å². The number of carbonyl (C=O) groups is 1. The summed E-state index contributed by atoms with van der Waals surface area (Å²) in [6, 6.07) is 0. The number of hydrogen-bond acceptors (Lipinski definition) is 2. The van der Waals surface area contributed by atoms with Gasteiger partial charge in [-0.1, -0.05) is 19.8 Å². The van der Waals surface area contributed by atoms with Gasteiger partial charge in [0.2, 0.25) is 5.91 Å². The zero-order valence-corrected chi connectivity index (χ0v) is 11.0. The standard InChI is InChI=1S/C14H26N2O/c1-11-3-2-4-13(11)10-16-14(17)9-12-5-7-15-8-6-12/h11-13,15H,2-10H2,1H3,(H,16,17). The van der Waals surface area contributed by atoms with Crippen LogP contribution in [0.1, 0.15) is 45.4 Å². The monoisotopic (exact) mass is 238 g/mol. The maximum Gasteiger partial charge on any atom is 0.220 e. The number of carbonyl (C=O) groups excluding carboxylic acids is 1. The van der Waals surface area contributed by atoms with E-state index in [0.717, 1.165) is 50.7 Å². The highest BCUT2D eigenvalue weighted by Gasteiger charge is 2.24. The summed E-state index contributed by atoms with van der Waals surface area (Å²) in [5, 5.41) is 6.48. The second-order valence-corrected chi connectivity index (χ2v) is 5.87. The Morgan fingerprint density at radius 2 is 2.00 bits per heavy atom. The molecule has 0 bridgehead atoms. The molecule has 1 aliphatic heterocycles. The molecule has 0 aromatic rings. The van der Waals surface area contributed by atoms with Crippen LogP contribution in [-0.2, 0) is 4.79 Å². The minimum atomic E-state index is 0.274. The Morgan fingerprint density at radius 1 is 1.24 bits per heavy atom. The molecule has 0 aromatic carbocycles. The largest absolute Gasteiger partial charge is 0.356 e. The normalized spacial score (nSPS) is 30.4. The van der Waals surface area contributed by atoms with Gasteiger partial charge in [0.15, 0.2) is 0 Å². The van der Waals surface area contributed by atoms with Crippen molar-refractivity contribution in [1.29, 1.82) is 0 Å². The van der Waals surface area contributed by atoms with Crippen LogP contribution in [0.5, 0.6) is 0 Å². The SMILES string of the molecule is CC1CCCC1CNC(=O)CC1CCNCC1. The summed E-state index contributed by atoms with van der Waals surface area (Å²) in [7, 11) is 0. The lowest BCUT2D eigenvalue weighted by Crippen LogP contribution is -2.34. The minimum Gasteiger partial charge on any atom is -0.356 e. The van der Waals surface area contributed by atoms with Crippen molar-refractivity contribution in [2.24, 2.45) is 17.8 Å². The maximum absolute atomic E-state index is 11.8. The van der Waals surface area contributed by atoms with E-state index in [4.69, 9.17) is 0 Å². The molecule has 1 heterocycles. The van der Waals surface area contributed by atoms with Gasteiger partial charge in [-0.2, -0.15) is 0 Å². The van der Waals surface area contributed by atoms with Gasteiger partial charge in [0.25, 0.3) is 0 Å². The van der Waals surface area contributed by atoms with Crippen molar-refractivity contribution in [1.82, 2.24) is 10.6 Å². The van der Waals surface area contributed by atoms with E-state index in [0.29, 0.717) is 5.92 Å². The Morgan fingerprint density at radius 3 is 2.65 bits per heavy atom. The molecule has 1 amide bonds. The molecule has 2 unspecified atom stereocenters. The lowest BCUT2D eigenvalue weighted by atomic mass is 9.94. The van der Waals surface area contributed by atoms with Gasteiger partial charge < -0.3 is 10.6 Å². The minimum absolute atomic E-state index is 0.274. The van der Waals surface area contributed by atoms with Crippen LogP contribution in [0.4, 0.5) is 0 Å². The molecule has 2 atom stereocenters. The fourth-order valence-electron chi connectivity index (χ4n) is 3.19. The lowest BCUT2D eigenvalue weighted by Gasteiger charge is -2.22. The molecule has 2 aliphatic rings. The third-order valence-corrected chi connectivity index (χ3v) is 4.53. The van der Waals surface area contributed by atoms with Gasteiger partial charge in [0.05, 0.1) is 0 Å². The molecule has 1 saturated heterocycles. The Kier molecular flexibility index (Phi) is 4.84. The molecule has 3 heteroatoms. The average molecular weight is 238 g/mol. The third kappa shape index (κ3) is 3.98. The van der Waals surface area contributed by atoms with Crippen LogP contribution in [0.25, 0.3) is 0 Å². The fraction of sp³-hybridized carbons (Fsp3) is 0.929. The number of piperidine rings is 1. The van der Waals surface area contributed by atoms with Crippen molar-refractivity contribution in [3.05, 3.63) is 0 Å². The first-order valence-corrected chi connectivity index (χ1v) is 7.23. The molecule has 2 rings (SSSR count). The van der Waals surface area contributed by atoms with Gasteiger partial charge in [-0.25, -0.2) is 0 Å². The first-order valence-electron chi connectivity index (χ1n) is 7.23. The second kappa shape index (κ2) is 6.39. The summed E-state index contributed by atoms with van der Waals surface area (Å²) in [4.78, 5) is 11.8. The van der Waals surface area contributed by atoms with E-state index in [-0.39, 0.29) is 5.91 Å². The van der Waals surface area contributed by atoms with Crippen molar-refractivity contribution in [2.45, 2.75) is 45.4 Å². The predicted octanol–water partition coefficient (Wildman–Crippen LogP) is 1.93. The summed E-state index contributed by atoms with van der Waals surface area (Å²) in [6.07, 6.45) is 7.04. The molecule has 1 aliphatic carbocycles. The zero-order valence-electron chi connectivity index (χ0n) is 11.0. The molecule has 2 N–H and O–H groups in total. The third-order valence-electron chi connectivity index (χ3n) is 4.53. The van der Waals surface area contributed by atoms with Crippen LogP contribution >= 0.6 is 0 Å². The smallest absolute Gasteiger partial charge is 0.220 e. The van der Waals surface area contributed by atoms with Gasteiger partial charge in [0.1, 0.15) is 0 Å². The van der Waals surface area contributed by atoms with E-state index in [2.05, 4.69) is 17.6 Å². The number of nitrogens with one attached hydrogen (secondary N) is 2. The van der Waals surface area contributed by atoms with Crippen LogP contribution in [0.3, 0.4) is 0 Å². The van der Waals surface area contributed by atoms with Gasteiger partial charge in [-0.3, -0.25) is 4.79 Å². The van der Waals surface area contributed by atoms with Crippen LogP contribution < -0.4 is 10.6 Å². The van der Waals surface area contributed by atoms with Gasteiger partial charge in [-0.05, 0) is 50.1 Å². The highest BCUT2D eigenvalue weighted by Crippen LogP contribution is 2.30. The van der Waals surface area contributed by atoms with Gasteiger partial charge in [0, 0.05) is 13.0 Å². The maximum atomic E-state index is 11.8. The molecular formula is C14H26N2O. The van der Waals surface area contributed by atoms with E-state index in [1.165, 1.54) is 19.3 Å². The average Bonchev–Trinajstić information content (AvgIpc) is 2.74. The number of amides is 1. The van der Waals surface area contributed by atoms with E-state index in [1.54, 1.807) is 0 Å². The quantitative estimate of drug-likeness (QED) is 0.786. The highest BCUT2D eigenvalue weighted by molar-refractivity contribution is 5.76. The number of rotatable bonds is 4. The summed E-state index contributed by atoms with van der Waals surface area (Å²) in [5.41, 5.74) is 0. The van der Waals surface area contributed by atoms with Gasteiger partial charge in [-0.15, -0.1) is 0 Å². The Balaban J connectivity index is 1.63. The summed E-state index contributed by atoms with van der Waals surface area (Å²) >= 11 is 0. The summed E-state index contributed by atoms with van der Waals surface area (Å²) in [6.45, 7) is 5.39. The molecule has 2 fully saturated rings. The van der Waals surface area contributed by atoms with E-state index in [9.17, 15) is 4.79 Å². The molecule has 0 spiro atoms. The van der Waals surface area contributed by atoms with Crippen LogP contribution in [0.2, 0.25) is 0 Å². The topological polar surface area (TPSA) is 41.1 Å². The van der Waals surface area contributed by atoms with E-state index >= 15 is 0 Å². The van der Waals surface area contributed by atoms with Crippen molar-refractivity contribution in [2.75, 3.05) is 19.6 Å². The highest BCUT2D eigenvalue weighted by atomic mass is 16.1. The fourth-order valence-corrected chi connectivity index (χ4v) is 3.19. The van der Waals surface area contributed by atoms with Crippen molar-refractivity contribution >= 4 is 5.91 Å². The van der Waals surface area contributed by atoms with Crippen molar-refractivity contribution in [3.63, 3.8) is 0 Å². The van der Waals surface area contributed by atoms with Crippen molar-refractivity contribution in [3.8, 4) is 0 Å². The lowest BCUT2D eigenvalue weighted by molar-refractivity contribution is -0.122. The Hall–Kier alpha value is -0.570. The first kappa shape index (κ1) is 12.9. The van der Waals surface area contributed by atoms with E-state index in [1.807, 2.05) is 0 Å². The van der Waals surface area contributed by atoms with Crippen LogP contribution in [0, 0.1) is 17.8 Å². The van der Waals surface area contributed by atoms with Crippen LogP contribution in [0.15, 0.2) is 0 Å². The summed E-state index contributed by atoms with van der Waals surface area (Å²) < 4.78 is 0. The zero-order chi connectivity index (χ0) is 12.1.